The number of nitrogens with two attached hydrogens (primary N) is 2. The molecule has 18 heavy (non-hydrogen) atoms. The van der Waals surface area contributed by atoms with Crippen LogP contribution in [0.2, 0.25) is 0 Å². The number of benzene rings is 1. The van der Waals surface area contributed by atoms with Gasteiger partial charge in [-0.25, -0.2) is 0 Å². The quantitative estimate of drug-likeness (QED) is 0.756. The molecule has 0 saturated carbocycles. The molecule has 2 aromatic rings. The number of amides is 1. The van der Waals surface area contributed by atoms with Gasteiger partial charge in [-0.1, -0.05) is 0 Å². The summed E-state index contributed by atoms with van der Waals surface area (Å²) in [6, 6.07) is 8.99. The van der Waals surface area contributed by atoms with Crippen molar-refractivity contribution in [3.63, 3.8) is 0 Å². The normalized spacial score (nSPS) is 10.3. The van der Waals surface area contributed by atoms with Crippen LogP contribution in [0, 0.1) is 0 Å². The number of primary amides is 1. The molecule has 2 rings (SSSR count). The third-order valence-electron chi connectivity index (χ3n) is 2.39. The molecule has 5 N–H and O–H groups in total. The highest BCUT2D eigenvalue weighted by Gasteiger charge is 2.08. The number of thiophene rings is 1. The lowest BCUT2D eigenvalue weighted by Crippen LogP contribution is -2.14. The molecule has 0 spiro atoms. The van der Waals surface area contributed by atoms with Gasteiger partial charge >= 0.3 is 0 Å². The first kappa shape index (κ1) is 12.9. The Morgan fingerprint density at radius 1 is 1.33 bits per heavy atom. The second-order valence-electron chi connectivity index (χ2n) is 3.73. The fourth-order valence-electron chi connectivity index (χ4n) is 1.55. The van der Waals surface area contributed by atoms with Gasteiger partial charge < -0.3 is 16.8 Å². The number of carbonyl (C=O) groups excluding carboxylic acids is 1. The van der Waals surface area contributed by atoms with Crippen LogP contribution in [0.15, 0.2) is 34.1 Å². The highest BCUT2D eigenvalue weighted by Crippen LogP contribution is 2.24. The van der Waals surface area contributed by atoms with Crippen LogP contribution in [0.1, 0.15) is 15.2 Å². The predicted molar refractivity (Wildman–Crippen MR) is 78.7 cm³/mol. The SMILES string of the molecule is NC(=O)c1ccc(N)cc1NCc1ccc(Br)s1. The minimum Gasteiger partial charge on any atom is -0.399 e. The van der Waals surface area contributed by atoms with Gasteiger partial charge in [0.15, 0.2) is 0 Å². The smallest absolute Gasteiger partial charge is 0.250 e. The summed E-state index contributed by atoms with van der Waals surface area (Å²) in [5.41, 5.74) is 12.7. The number of halogens is 1. The molecule has 0 atom stereocenters. The van der Waals surface area contributed by atoms with Crippen LogP contribution in [0.4, 0.5) is 11.4 Å². The van der Waals surface area contributed by atoms with Crippen LogP contribution >= 0.6 is 27.3 Å². The lowest BCUT2D eigenvalue weighted by atomic mass is 10.1. The minimum absolute atomic E-state index is 0.444. The van der Waals surface area contributed by atoms with E-state index in [1.54, 1.807) is 29.5 Å². The molecule has 1 heterocycles. The Kier molecular flexibility index (Phi) is 3.88. The molecule has 0 aliphatic carbocycles. The maximum atomic E-state index is 11.3. The molecule has 4 nitrogen and oxygen atoms in total. The van der Waals surface area contributed by atoms with Gasteiger partial charge in [0.2, 0.25) is 0 Å². The second kappa shape index (κ2) is 5.41. The largest absolute Gasteiger partial charge is 0.399 e. The first-order valence-electron chi connectivity index (χ1n) is 5.23. The van der Waals surface area contributed by atoms with Crippen molar-refractivity contribution in [2.24, 2.45) is 5.73 Å². The van der Waals surface area contributed by atoms with Crippen LogP contribution < -0.4 is 16.8 Å². The molecule has 0 unspecified atom stereocenters. The van der Waals surface area contributed by atoms with E-state index < -0.39 is 5.91 Å². The summed E-state index contributed by atoms with van der Waals surface area (Å²) in [5.74, 6) is -0.468. The first-order chi connectivity index (χ1) is 8.56. The van der Waals surface area contributed by atoms with Gasteiger partial charge in [-0.2, -0.15) is 0 Å². The van der Waals surface area contributed by atoms with E-state index in [9.17, 15) is 4.79 Å². The monoisotopic (exact) mass is 325 g/mol. The minimum atomic E-state index is -0.468. The van der Waals surface area contributed by atoms with E-state index in [0.717, 1.165) is 8.66 Å². The number of hydrogen-bond donors (Lipinski definition) is 3. The summed E-state index contributed by atoms with van der Waals surface area (Å²) in [6.07, 6.45) is 0. The van der Waals surface area contributed by atoms with Crippen molar-refractivity contribution in [2.45, 2.75) is 6.54 Å². The summed E-state index contributed by atoms with van der Waals surface area (Å²) in [7, 11) is 0. The lowest BCUT2D eigenvalue weighted by Gasteiger charge is -2.10. The van der Waals surface area contributed by atoms with Crippen molar-refractivity contribution >= 4 is 44.5 Å². The van der Waals surface area contributed by atoms with Crippen LogP contribution in [0.25, 0.3) is 0 Å². The molecule has 0 bridgehead atoms. The van der Waals surface area contributed by atoms with Crippen molar-refractivity contribution in [2.75, 3.05) is 11.1 Å². The highest BCUT2D eigenvalue weighted by atomic mass is 79.9. The fourth-order valence-corrected chi connectivity index (χ4v) is 2.97. The second-order valence-corrected chi connectivity index (χ2v) is 6.28. The molecule has 0 radical (unpaired) electrons. The number of nitrogens with one attached hydrogen (secondary N) is 1. The van der Waals surface area contributed by atoms with Gasteiger partial charge in [-0.05, 0) is 46.3 Å². The lowest BCUT2D eigenvalue weighted by molar-refractivity contribution is 0.100. The molecule has 1 amide bonds. The third-order valence-corrected chi connectivity index (χ3v) is 4.01. The van der Waals surface area contributed by atoms with Gasteiger partial charge in [-0.3, -0.25) is 4.79 Å². The molecule has 6 heteroatoms. The Morgan fingerprint density at radius 2 is 2.11 bits per heavy atom. The standard InChI is InChI=1S/C12H12BrN3OS/c13-11-4-2-8(18-11)6-16-10-5-7(14)1-3-9(10)12(15)17/h1-5,16H,6,14H2,(H2,15,17). The number of nitrogen functional groups attached to an aromatic ring is 1. The third kappa shape index (κ3) is 3.02. The molecule has 1 aromatic heterocycles. The van der Waals surface area contributed by atoms with Crippen molar-refractivity contribution in [3.8, 4) is 0 Å². The molecule has 0 fully saturated rings. The fraction of sp³-hybridized carbons (Fsp3) is 0.0833. The van der Waals surface area contributed by atoms with Crippen LogP contribution in [0.5, 0.6) is 0 Å². The predicted octanol–water partition coefficient (Wildman–Crippen LogP) is 2.80. The number of carbonyl (C=O) groups is 1. The Labute approximate surface area is 117 Å². The van der Waals surface area contributed by atoms with Crippen molar-refractivity contribution in [1.29, 1.82) is 0 Å². The Bertz CT molecular complexity index is 582. The number of anilines is 2. The van der Waals surface area contributed by atoms with Gasteiger partial charge in [0, 0.05) is 22.8 Å². The molecule has 0 saturated heterocycles. The molecule has 1 aromatic carbocycles. The van der Waals surface area contributed by atoms with Gasteiger partial charge in [0.1, 0.15) is 0 Å². The molecule has 0 aliphatic heterocycles. The zero-order valence-corrected chi connectivity index (χ0v) is 11.8. The maximum absolute atomic E-state index is 11.3. The summed E-state index contributed by atoms with van der Waals surface area (Å²) in [4.78, 5) is 12.4. The van der Waals surface area contributed by atoms with Gasteiger partial charge in [0.25, 0.3) is 5.91 Å². The van der Waals surface area contributed by atoms with Crippen LogP contribution in [-0.2, 0) is 6.54 Å². The zero-order valence-electron chi connectivity index (χ0n) is 9.44. The van der Waals surface area contributed by atoms with E-state index in [2.05, 4.69) is 21.2 Å². The van der Waals surface area contributed by atoms with E-state index >= 15 is 0 Å². The van der Waals surface area contributed by atoms with E-state index in [0.29, 0.717) is 23.5 Å². The molecular weight excluding hydrogens is 314 g/mol. The van der Waals surface area contributed by atoms with E-state index in [-0.39, 0.29) is 0 Å². The van der Waals surface area contributed by atoms with Gasteiger partial charge in [-0.15, -0.1) is 11.3 Å². The van der Waals surface area contributed by atoms with E-state index in [1.165, 1.54) is 0 Å². The Hall–Kier alpha value is -1.53. The van der Waals surface area contributed by atoms with Crippen LogP contribution in [0.3, 0.4) is 0 Å². The Balaban J connectivity index is 2.17. The topological polar surface area (TPSA) is 81.1 Å². The average molecular weight is 326 g/mol. The summed E-state index contributed by atoms with van der Waals surface area (Å²) in [6.45, 7) is 0.625. The summed E-state index contributed by atoms with van der Waals surface area (Å²) in [5, 5.41) is 3.17. The first-order valence-corrected chi connectivity index (χ1v) is 6.84. The highest BCUT2D eigenvalue weighted by molar-refractivity contribution is 9.11. The van der Waals surface area contributed by atoms with Crippen molar-refractivity contribution in [3.05, 3.63) is 44.6 Å². The molecule has 0 aliphatic rings. The zero-order chi connectivity index (χ0) is 13.1. The Morgan fingerprint density at radius 3 is 2.72 bits per heavy atom. The average Bonchev–Trinajstić information content (AvgIpc) is 2.72. The van der Waals surface area contributed by atoms with Crippen LogP contribution in [-0.4, -0.2) is 5.91 Å². The summed E-state index contributed by atoms with van der Waals surface area (Å²) >= 11 is 5.04. The van der Waals surface area contributed by atoms with Gasteiger partial charge in [0.05, 0.1) is 9.35 Å². The van der Waals surface area contributed by atoms with E-state index in [1.807, 2.05) is 12.1 Å². The maximum Gasteiger partial charge on any atom is 0.250 e. The van der Waals surface area contributed by atoms with E-state index in [4.69, 9.17) is 11.5 Å². The summed E-state index contributed by atoms with van der Waals surface area (Å²) < 4.78 is 1.07. The molecular formula is C12H12BrN3OS. The molecule has 94 valence electrons. The van der Waals surface area contributed by atoms with Crippen molar-refractivity contribution < 1.29 is 4.79 Å². The number of rotatable bonds is 4. The van der Waals surface area contributed by atoms with Crippen molar-refractivity contribution in [1.82, 2.24) is 0 Å². The number of hydrogen-bond acceptors (Lipinski definition) is 4.